The molecule has 0 bridgehead atoms. The normalized spacial score (nSPS) is 14.4. The molecule has 0 radical (unpaired) electrons. The number of hydrogen-bond donors (Lipinski definition) is 2. The van der Waals surface area contributed by atoms with Crippen molar-refractivity contribution in [3.63, 3.8) is 0 Å². The Morgan fingerprint density at radius 1 is 0.750 bits per heavy atom. The van der Waals surface area contributed by atoms with Crippen LogP contribution in [-0.4, -0.2) is 34.0 Å². The molecular weight excluding hydrogens is 250 g/mol. The molecule has 0 saturated carbocycles. The van der Waals surface area contributed by atoms with Crippen LogP contribution in [0, 0.1) is 0 Å². The van der Waals surface area contributed by atoms with Crippen molar-refractivity contribution in [3.05, 3.63) is 11.7 Å². The van der Waals surface area contributed by atoms with Crippen molar-refractivity contribution in [3.8, 4) is 0 Å². The fourth-order valence-electron chi connectivity index (χ4n) is 0.463. The molecule has 2 N–H and O–H groups in total. The zero-order valence-corrected chi connectivity index (χ0v) is 6.98. The van der Waals surface area contributed by atoms with Crippen molar-refractivity contribution in [1.29, 1.82) is 0 Å². The molecule has 16 heavy (non-hydrogen) atoms. The van der Waals surface area contributed by atoms with E-state index in [-0.39, 0.29) is 0 Å². The van der Waals surface area contributed by atoms with Crippen LogP contribution >= 0.6 is 0 Å². The molecule has 0 heterocycles. The molecule has 4 nitrogen and oxygen atoms in total. The minimum absolute atomic E-state index is 3.23. The lowest BCUT2D eigenvalue weighted by Gasteiger charge is -2.13. The molecule has 0 aliphatic rings. The second-order valence-electron chi connectivity index (χ2n) is 2.39. The first kappa shape index (κ1) is 14.3. The van der Waals surface area contributed by atoms with Gasteiger partial charge in [0.05, 0.1) is 0 Å². The van der Waals surface area contributed by atoms with Gasteiger partial charge in [-0.2, -0.15) is 17.6 Å². The number of hydrogen-bond acceptors (Lipinski definition) is 2. The van der Waals surface area contributed by atoms with Crippen LogP contribution in [0.4, 0.5) is 26.3 Å². The molecule has 0 aromatic carbocycles. The molecule has 0 aliphatic heterocycles. The third-order valence-corrected chi connectivity index (χ3v) is 1.28. The van der Waals surface area contributed by atoms with Gasteiger partial charge in [0.15, 0.2) is 0 Å². The quantitative estimate of drug-likeness (QED) is 0.745. The zero-order chi connectivity index (χ0) is 13.3. The highest BCUT2D eigenvalue weighted by Gasteiger charge is 2.55. The molecule has 0 saturated heterocycles. The van der Waals surface area contributed by atoms with E-state index in [0.717, 1.165) is 0 Å². The van der Waals surface area contributed by atoms with Gasteiger partial charge in [-0.15, -0.1) is 0 Å². The summed E-state index contributed by atoms with van der Waals surface area (Å²) >= 11 is 0. The first-order valence-corrected chi connectivity index (χ1v) is 3.24. The largest absolute Gasteiger partial charge is 0.476 e. The first-order chi connectivity index (χ1) is 6.95. The average Bonchev–Trinajstić information content (AvgIpc) is 2.14. The molecule has 0 unspecified atom stereocenters. The number of alkyl halides is 4. The van der Waals surface area contributed by atoms with E-state index in [1.54, 1.807) is 0 Å². The minimum atomic E-state index is -5.57. The third-order valence-electron chi connectivity index (χ3n) is 1.28. The topological polar surface area (TPSA) is 74.6 Å². The molecule has 0 spiro atoms. The van der Waals surface area contributed by atoms with Crippen molar-refractivity contribution >= 4 is 11.9 Å². The summed E-state index contributed by atoms with van der Waals surface area (Å²) in [5, 5.41) is 15.4. The van der Waals surface area contributed by atoms with E-state index in [0.29, 0.717) is 0 Å². The molecule has 92 valence electrons. The zero-order valence-electron chi connectivity index (χ0n) is 6.98. The number of carbonyl (C=O) groups is 2. The van der Waals surface area contributed by atoms with E-state index in [2.05, 4.69) is 0 Å². The Hall–Kier alpha value is -1.74. The van der Waals surface area contributed by atoms with Gasteiger partial charge in [-0.05, 0) is 0 Å². The summed E-state index contributed by atoms with van der Waals surface area (Å²) in [6.07, 6.45) is 0. The third kappa shape index (κ3) is 2.25. The predicted octanol–water partition coefficient (Wildman–Crippen LogP) is 1.58. The minimum Gasteiger partial charge on any atom is -0.476 e. The Morgan fingerprint density at radius 3 is 1.06 bits per heavy atom. The van der Waals surface area contributed by atoms with E-state index in [1.807, 2.05) is 0 Å². The summed E-state index contributed by atoms with van der Waals surface area (Å²) in [6, 6.07) is 0. The summed E-state index contributed by atoms with van der Waals surface area (Å²) in [4.78, 5) is 19.4. The standard InChI is InChI=1S/C6H2F6O4/c7-1(5(9,10)3(13)14)2(8)6(11,12)4(15)16/h(H,13,14)(H,15,16). The van der Waals surface area contributed by atoms with Gasteiger partial charge >= 0.3 is 23.8 Å². The van der Waals surface area contributed by atoms with Crippen molar-refractivity contribution < 1.29 is 46.1 Å². The molecule has 0 fully saturated rings. The number of carboxylic acid groups (broad SMARTS) is 2. The highest BCUT2D eigenvalue weighted by Crippen LogP contribution is 2.36. The van der Waals surface area contributed by atoms with Crippen molar-refractivity contribution in [2.75, 3.05) is 0 Å². The summed E-state index contributed by atoms with van der Waals surface area (Å²) in [5.41, 5.74) is 0. The predicted molar refractivity (Wildman–Crippen MR) is 34.4 cm³/mol. The Bertz CT molecular complexity index is 326. The molecule has 10 heteroatoms. The SMILES string of the molecule is O=C(O)C(F)(F)C(F)=C(F)C(F)(F)C(=O)O. The maximum Gasteiger partial charge on any atom is 0.396 e. The highest BCUT2D eigenvalue weighted by molar-refractivity contribution is 5.82. The van der Waals surface area contributed by atoms with Gasteiger partial charge in [0.25, 0.3) is 0 Å². The maximum absolute atomic E-state index is 12.3. The fourth-order valence-corrected chi connectivity index (χ4v) is 0.463. The van der Waals surface area contributed by atoms with Gasteiger partial charge in [0.2, 0.25) is 11.7 Å². The van der Waals surface area contributed by atoms with Crippen LogP contribution in [-0.2, 0) is 9.59 Å². The van der Waals surface area contributed by atoms with Crippen LogP contribution in [0.15, 0.2) is 11.7 Å². The number of halogens is 6. The van der Waals surface area contributed by atoms with Gasteiger partial charge in [-0.1, -0.05) is 0 Å². The van der Waals surface area contributed by atoms with Crippen LogP contribution in [0.25, 0.3) is 0 Å². The lowest BCUT2D eigenvalue weighted by molar-refractivity contribution is -0.166. The number of aliphatic carboxylic acids is 2. The smallest absolute Gasteiger partial charge is 0.396 e. The number of carboxylic acids is 2. The second-order valence-corrected chi connectivity index (χ2v) is 2.39. The van der Waals surface area contributed by atoms with Crippen molar-refractivity contribution in [2.24, 2.45) is 0 Å². The summed E-state index contributed by atoms with van der Waals surface area (Å²) in [6.45, 7) is 0. The molecule has 0 atom stereocenters. The summed E-state index contributed by atoms with van der Waals surface area (Å²) < 4.78 is 73.4. The summed E-state index contributed by atoms with van der Waals surface area (Å²) in [7, 11) is 0. The molecule has 0 rings (SSSR count). The Morgan fingerprint density at radius 2 is 0.938 bits per heavy atom. The molecule has 0 amide bonds. The lowest BCUT2D eigenvalue weighted by Crippen LogP contribution is -2.35. The van der Waals surface area contributed by atoms with Gasteiger partial charge in [-0.25, -0.2) is 18.4 Å². The highest BCUT2D eigenvalue weighted by atomic mass is 19.3. The summed E-state index contributed by atoms with van der Waals surface area (Å²) in [5.74, 6) is -24.9. The molecular formula is C6H2F6O4. The average molecular weight is 252 g/mol. The molecule has 0 aliphatic carbocycles. The number of rotatable bonds is 4. The molecule has 0 aromatic rings. The monoisotopic (exact) mass is 252 g/mol. The maximum atomic E-state index is 12.3. The van der Waals surface area contributed by atoms with Crippen LogP contribution in [0.5, 0.6) is 0 Å². The van der Waals surface area contributed by atoms with Crippen LogP contribution in [0.1, 0.15) is 0 Å². The molecule has 0 aromatic heterocycles. The van der Waals surface area contributed by atoms with E-state index in [1.165, 1.54) is 0 Å². The second kappa shape index (κ2) is 4.02. The van der Waals surface area contributed by atoms with Crippen molar-refractivity contribution in [2.45, 2.75) is 11.8 Å². The van der Waals surface area contributed by atoms with E-state index in [9.17, 15) is 35.9 Å². The van der Waals surface area contributed by atoms with Crippen LogP contribution < -0.4 is 0 Å². The fraction of sp³-hybridized carbons (Fsp3) is 0.333. The Kier molecular flexibility index (Phi) is 3.58. The first-order valence-electron chi connectivity index (χ1n) is 3.24. The van der Waals surface area contributed by atoms with Gasteiger partial charge < -0.3 is 10.2 Å². The van der Waals surface area contributed by atoms with Crippen LogP contribution in [0.3, 0.4) is 0 Å². The van der Waals surface area contributed by atoms with Gasteiger partial charge in [0, 0.05) is 0 Å². The van der Waals surface area contributed by atoms with E-state index >= 15 is 0 Å². The van der Waals surface area contributed by atoms with Gasteiger partial charge in [0.1, 0.15) is 0 Å². The van der Waals surface area contributed by atoms with Crippen LogP contribution in [0.2, 0.25) is 0 Å². The lowest BCUT2D eigenvalue weighted by atomic mass is 10.2. The Balaban J connectivity index is 5.61. The van der Waals surface area contributed by atoms with Gasteiger partial charge in [-0.3, -0.25) is 0 Å². The van der Waals surface area contributed by atoms with E-state index < -0.39 is 35.4 Å². The van der Waals surface area contributed by atoms with E-state index in [4.69, 9.17) is 10.2 Å². The van der Waals surface area contributed by atoms with Crippen molar-refractivity contribution in [1.82, 2.24) is 0 Å². The Labute approximate surface area is 82.8 Å².